The Morgan fingerprint density at radius 1 is 1.00 bits per heavy atom. The van der Waals surface area contributed by atoms with E-state index < -0.39 is 72.0 Å². The fourth-order valence-electron chi connectivity index (χ4n) is 2.64. The Morgan fingerprint density at radius 2 is 1.50 bits per heavy atom. The molecule has 0 radical (unpaired) electrons. The maximum atomic E-state index is 12.9. The number of carbonyl (C=O) groups is 5. The van der Waals surface area contributed by atoms with Crippen molar-refractivity contribution in [1.82, 2.24) is 4.90 Å². The molecule has 0 spiro atoms. The minimum Gasteiger partial charge on any atom is -0.481 e. The summed E-state index contributed by atoms with van der Waals surface area (Å²) in [5, 5.41) is 29.3. The van der Waals surface area contributed by atoms with Gasteiger partial charge in [-0.25, -0.2) is 4.79 Å². The Hall–Kier alpha value is -2.37. The van der Waals surface area contributed by atoms with Crippen LogP contribution >= 0.6 is 0 Å². The predicted molar refractivity (Wildman–Crippen MR) is 96.9 cm³/mol. The SMILES string of the molecule is CCCC(=O)C(C(=O)O)(C(O)CC(=O)O)N(C(=O)C(C)N)C(=O)C(N)C(C)C. The summed E-state index contributed by atoms with van der Waals surface area (Å²) in [5.74, 6) is -7.94. The molecule has 0 aromatic heterocycles. The summed E-state index contributed by atoms with van der Waals surface area (Å²) in [5.41, 5.74) is 8.16. The number of aliphatic carboxylic acids is 2. The average Bonchev–Trinajstić information content (AvgIpc) is 2.56. The zero-order chi connectivity index (χ0) is 22.4. The lowest BCUT2D eigenvalue weighted by atomic mass is 9.80. The highest BCUT2D eigenvalue weighted by Gasteiger charge is 2.61. The summed E-state index contributed by atoms with van der Waals surface area (Å²) in [6, 6.07) is -2.82. The van der Waals surface area contributed by atoms with Gasteiger partial charge in [0, 0.05) is 6.42 Å². The smallest absolute Gasteiger partial charge is 0.340 e. The van der Waals surface area contributed by atoms with Gasteiger partial charge in [-0.05, 0) is 19.3 Å². The van der Waals surface area contributed by atoms with Crippen LogP contribution < -0.4 is 11.5 Å². The van der Waals surface area contributed by atoms with Crippen LogP contribution in [0, 0.1) is 5.92 Å². The maximum Gasteiger partial charge on any atom is 0.340 e. The third-order valence-electron chi connectivity index (χ3n) is 4.26. The number of imide groups is 1. The van der Waals surface area contributed by atoms with Gasteiger partial charge < -0.3 is 26.8 Å². The van der Waals surface area contributed by atoms with Crippen molar-refractivity contribution in [1.29, 1.82) is 0 Å². The molecular formula is C17H29N3O8. The lowest BCUT2D eigenvalue weighted by Crippen LogP contribution is -2.73. The Balaban J connectivity index is 6.94. The van der Waals surface area contributed by atoms with Crippen LogP contribution in [0.5, 0.6) is 0 Å². The van der Waals surface area contributed by atoms with E-state index in [4.69, 9.17) is 16.6 Å². The molecule has 0 aromatic carbocycles. The molecule has 4 atom stereocenters. The first-order valence-electron chi connectivity index (χ1n) is 8.82. The van der Waals surface area contributed by atoms with Gasteiger partial charge in [-0.3, -0.25) is 24.1 Å². The average molecular weight is 403 g/mol. The van der Waals surface area contributed by atoms with Crippen LogP contribution in [0.4, 0.5) is 0 Å². The zero-order valence-electron chi connectivity index (χ0n) is 16.4. The molecule has 11 nitrogen and oxygen atoms in total. The number of ketones is 1. The van der Waals surface area contributed by atoms with Crippen LogP contribution in [0.3, 0.4) is 0 Å². The Labute approximate surface area is 162 Å². The van der Waals surface area contributed by atoms with E-state index in [0.717, 1.165) is 6.92 Å². The molecule has 0 aliphatic carbocycles. The van der Waals surface area contributed by atoms with E-state index >= 15 is 0 Å². The minimum absolute atomic E-state index is 0.0519. The van der Waals surface area contributed by atoms with Crippen molar-refractivity contribution < 1.29 is 39.3 Å². The first kappa shape index (κ1) is 25.6. The number of nitrogens with zero attached hydrogens (tertiary/aromatic N) is 1. The summed E-state index contributed by atoms with van der Waals surface area (Å²) in [7, 11) is 0. The largest absolute Gasteiger partial charge is 0.481 e. The summed E-state index contributed by atoms with van der Waals surface area (Å²) < 4.78 is 0. The number of carboxylic acid groups (broad SMARTS) is 2. The van der Waals surface area contributed by atoms with Crippen molar-refractivity contribution in [2.45, 2.75) is 70.7 Å². The molecule has 11 heteroatoms. The highest BCUT2D eigenvalue weighted by atomic mass is 16.4. The maximum absolute atomic E-state index is 12.9. The number of aliphatic hydroxyl groups is 1. The molecule has 0 aliphatic heterocycles. The normalized spacial score (nSPS) is 16.6. The monoisotopic (exact) mass is 403 g/mol. The molecule has 4 unspecified atom stereocenters. The standard InChI is InChI=1S/C17H29N3O8/c1-5-6-10(21)17(16(27)28,11(22)7-12(23)24)20(14(25)9(4)18)15(26)13(19)8(2)3/h8-9,11,13,22H,5-7,18-19H2,1-4H3,(H,23,24)(H,27,28). The van der Waals surface area contributed by atoms with Crippen LogP contribution in [-0.2, 0) is 24.0 Å². The number of hydrogen-bond donors (Lipinski definition) is 5. The van der Waals surface area contributed by atoms with Crippen molar-refractivity contribution in [3.63, 3.8) is 0 Å². The topological polar surface area (TPSA) is 201 Å². The van der Waals surface area contributed by atoms with Crippen molar-refractivity contribution in [2.75, 3.05) is 0 Å². The molecule has 160 valence electrons. The fraction of sp³-hybridized carbons (Fsp3) is 0.706. The van der Waals surface area contributed by atoms with Crippen LogP contribution in [0.25, 0.3) is 0 Å². The molecule has 0 rings (SSSR count). The van der Waals surface area contributed by atoms with Gasteiger partial charge in [0.1, 0.15) is 6.10 Å². The Morgan fingerprint density at radius 3 is 1.82 bits per heavy atom. The third-order valence-corrected chi connectivity index (χ3v) is 4.26. The van der Waals surface area contributed by atoms with Gasteiger partial charge >= 0.3 is 11.9 Å². The zero-order valence-corrected chi connectivity index (χ0v) is 16.4. The minimum atomic E-state index is -3.16. The fourth-order valence-corrected chi connectivity index (χ4v) is 2.64. The molecule has 0 aromatic rings. The van der Waals surface area contributed by atoms with Gasteiger partial charge in [0.15, 0.2) is 5.78 Å². The number of rotatable bonds is 11. The van der Waals surface area contributed by atoms with Crippen molar-refractivity contribution in [3.05, 3.63) is 0 Å². The lowest BCUT2D eigenvalue weighted by Gasteiger charge is -2.42. The molecule has 0 bridgehead atoms. The lowest BCUT2D eigenvalue weighted by molar-refractivity contribution is -0.181. The Bertz CT molecular complexity index is 634. The van der Waals surface area contributed by atoms with Gasteiger partial charge in [0.05, 0.1) is 18.5 Å². The predicted octanol–water partition coefficient (Wildman–Crippen LogP) is -1.30. The Kier molecular flexibility index (Phi) is 9.38. The molecule has 0 aliphatic rings. The van der Waals surface area contributed by atoms with E-state index in [-0.39, 0.29) is 11.3 Å². The van der Waals surface area contributed by atoms with E-state index in [9.17, 15) is 34.2 Å². The molecule has 28 heavy (non-hydrogen) atoms. The van der Waals surface area contributed by atoms with Crippen LogP contribution in [0.2, 0.25) is 0 Å². The molecule has 0 saturated heterocycles. The van der Waals surface area contributed by atoms with Crippen LogP contribution in [0.15, 0.2) is 0 Å². The number of aliphatic hydroxyl groups excluding tert-OH is 1. The first-order chi connectivity index (χ1) is 12.8. The molecular weight excluding hydrogens is 374 g/mol. The van der Waals surface area contributed by atoms with Gasteiger partial charge in [-0.15, -0.1) is 0 Å². The number of Topliss-reactive ketones (excluding diaryl/α,β-unsaturated/α-hetero) is 1. The molecule has 0 saturated carbocycles. The number of nitrogens with two attached hydrogens (primary N) is 2. The van der Waals surface area contributed by atoms with E-state index in [1.807, 2.05) is 0 Å². The second-order valence-electron chi connectivity index (χ2n) is 6.93. The van der Waals surface area contributed by atoms with Gasteiger partial charge in [0.25, 0.3) is 0 Å². The number of amides is 2. The van der Waals surface area contributed by atoms with E-state index in [1.54, 1.807) is 0 Å². The quantitative estimate of drug-likeness (QED) is 0.258. The molecule has 7 N–H and O–H groups in total. The van der Waals surface area contributed by atoms with E-state index in [0.29, 0.717) is 0 Å². The highest BCUT2D eigenvalue weighted by Crippen LogP contribution is 2.29. The second kappa shape index (κ2) is 10.2. The van der Waals surface area contributed by atoms with Gasteiger partial charge in [-0.1, -0.05) is 20.8 Å². The summed E-state index contributed by atoms with van der Waals surface area (Å²) in [6.07, 6.45) is -3.92. The number of hydrogen-bond acceptors (Lipinski definition) is 8. The summed E-state index contributed by atoms with van der Waals surface area (Å²) >= 11 is 0. The first-order valence-corrected chi connectivity index (χ1v) is 8.82. The van der Waals surface area contributed by atoms with E-state index in [2.05, 4.69) is 0 Å². The number of carboxylic acids is 2. The summed E-state index contributed by atoms with van der Waals surface area (Å²) in [6.45, 7) is 5.75. The van der Waals surface area contributed by atoms with Crippen molar-refractivity contribution in [3.8, 4) is 0 Å². The summed E-state index contributed by atoms with van der Waals surface area (Å²) in [4.78, 5) is 61.8. The third kappa shape index (κ3) is 5.12. The van der Waals surface area contributed by atoms with Gasteiger partial charge in [-0.2, -0.15) is 0 Å². The molecule has 0 heterocycles. The molecule has 2 amide bonds. The van der Waals surface area contributed by atoms with Gasteiger partial charge in [0.2, 0.25) is 17.4 Å². The van der Waals surface area contributed by atoms with Crippen molar-refractivity contribution >= 4 is 29.5 Å². The highest BCUT2D eigenvalue weighted by molar-refractivity contribution is 6.17. The molecule has 0 fully saturated rings. The van der Waals surface area contributed by atoms with Crippen molar-refractivity contribution in [2.24, 2.45) is 17.4 Å². The van der Waals surface area contributed by atoms with E-state index in [1.165, 1.54) is 20.8 Å². The second-order valence-corrected chi connectivity index (χ2v) is 6.93. The number of carbonyl (C=O) groups excluding carboxylic acids is 3. The van der Waals surface area contributed by atoms with Crippen LogP contribution in [-0.4, -0.2) is 73.5 Å². The van der Waals surface area contributed by atoms with Crippen LogP contribution in [0.1, 0.15) is 47.0 Å².